The molecule has 0 aliphatic carbocycles. The summed E-state index contributed by atoms with van der Waals surface area (Å²) in [6.45, 7) is 1.54. The molecule has 6 nitrogen and oxygen atoms in total. The molecule has 1 unspecified atom stereocenters. The Kier molecular flexibility index (Phi) is 6.58. The number of hydrogen-bond acceptors (Lipinski definition) is 4. The number of rotatable bonds is 7. The van der Waals surface area contributed by atoms with Gasteiger partial charge in [0, 0.05) is 6.08 Å². The highest BCUT2D eigenvalue weighted by Gasteiger charge is 2.20. The van der Waals surface area contributed by atoms with Crippen molar-refractivity contribution in [3.8, 4) is 0 Å². The van der Waals surface area contributed by atoms with Crippen molar-refractivity contribution in [3.05, 3.63) is 12.2 Å². The van der Waals surface area contributed by atoms with Gasteiger partial charge in [0.15, 0.2) is 0 Å². The lowest BCUT2D eigenvalue weighted by Crippen LogP contribution is -2.20. The fraction of sp³-hybridized carbons (Fsp3) is 0.500. The lowest BCUT2D eigenvalue weighted by Gasteiger charge is -2.09. The Morgan fingerprint density at radius 2 is 1.94 bits per heavy atom. The molecular weight excluding hydrogens is 216 g/mol. The van der Waals surface area contributed by atoms with E-state index >= 15 is 0 Å². The van der Waals surface area contributed by atoms with Crippen molar-refractivity contribution in [3.63, 3.8) is 0 Å². The van der Waals surface area contributed by atoms with Crippen molar-refractivity contribution in [2.24, 2.45) is 5.92 Å². The number of ether oxygens (including phenoxy) is 1. The number of carbonyl (C=O) groups is 3. The average Bonchev–Trinajstić information content (AvgIpc) is 2.15. The quantitative estimate of drug-likeness (QED) is 0.492. The molecule has 0 saturated carbocycles. The summed E-state index contributed by atoms with van der Waals surface area (Å²) in [5.41, 5.74) is 0. The van der Waals surface area contributed by atoms with Crippen LogP contribution in [0, 0.1) is 5.92 Å². The van der Waals surface area contributed by atoms with Gasteiger partial charge in [-0.15, -0.1) is 0 Å². The van der Waals surface area contributed by atoms with Crippen LogP contribution in [0.5, 0.6) is 0 Å². The predicted molar refractivity (Wildman–Crippen MR) is 53.8 cm³/mol. The van der Waals surface area contributed by atoms with Crippen LogP contribution in [-0.2, 0) is 19.1 Å². The molecule has 6 heteroatoms. The van der Waals surface area contributed by atoms with E-state index in [1.807, 2.05) is 0 Å². The Bertz CT molecular complexity index is 294. The van der Waals surface area contributed by atoms with E-state index in [9.17, 15) is 14.4 Å². The van der Waals surface area contributed by atoms with Gasteiger partial charge < -0.3 is 14.9 Å². The number of carboxylic acid groups (broad SMARTS) is 2. The van der Waals surface area contributed by atoms with Gasteiger partial charge in [0.05, 0.1) is 18.9 Å². The van der Waals surface area contributed by atoms with Crippen LogP contribution >= 0.6 is 0 Å². The maximum absolute atomic E-state index is 10.8. The molecule has 0 aliphatic rings. The van der Waals surface area contributed by atoms with Crippen LogP contribution < -0.4 is 0 Å². The first-order valence-corrected chi connectivity index (χ1v) is 4.71. The standard InChI is InChI=1S/C10H14O6/c1-2-3-9(13)16-5-4-7(10(14)15)6-8(11)12/h2-3,7H,4-6H2,1H3,(H,11,12)(H,14,15). The van der Waals surface area contributed by atoms with Crippen molar-refractivity contribution >= 4 is 17.9 Å². The van der Waals surface area contributed by atoms with Gasteiger partial charge in [-0.25, -0.2) is 4.79 Å². The fourth-order valence-corrected chi connectivity index (χ4v) is 1.01. The minimum atomic E-state index is -1.20. The van der Waals surface area contributed by atoms with E-state index in [4.69, 9.17) is 10.2 Å². The molecule has 0 radical (unpaired) electrons. The third-order valence-electron chi connectivity index (χ3n) is 1.78. The molecule has 2 N–H and O–H groups in total. The zero-order chi connectivity index (χ0) is 12.6. The van der Waals surface area contributed by atoms with E-state index < -0.39 is 30.2 Å². The van der Waals surface area contributed by atoms with Gasteiger partial charge in [0.2, 0.25) is 0 Å². The van der Waals surface area contributed by atoms with Crippen LogP contribution in [0.3, 0.4) is 0 Å². The number of carboxylic acids is 2. The molecule has 0 fully saturated rings. The van der Waals surface area contributed by atoms with E-state index in [0.717, 1.165) is 0 Å². The number of aliphatic carboxylic acids is 2. The molecular formula is C10H14O6. The molecule has 0 spiro atoms. The lowest BCUT2D eigenvalue weighted by atomic mass is 10.0. The predicted octanol–water partition coefficient (Wildman–Crippen LogP) is 0.671. The Morgan fingerprint density at radius 3 is 2.38 bits per heavy atom. The zero-order valence-electron chi connectivity index (χ0n) is 8.88. The summed E-state index contributed by atoms with van der Waals surface area (Å²) < 4.78 is 4.66. The zero-order valence-corrected chi connectivity index (χ0v) is 8.88. The molecule has 0 bridgehead atoms. The van der Waals surface area contributed by atoms with Crippen LogP contribution in [0.2, 0.25) is 0 Å². The lowest BCUT2D eigenvalue weighted by molar-refractivity contribution is -0.150. The molecule has 0 aromatic heterocycles. The number of carbonyl (C=O) groups excluding carboxylic acids is 1. The van der Waals surface area contributed by atoms with Gasteiger partial charge in [-0.1, -0.05) is 6.08 Å². The third-order valence-corrected chi connectivity index (χ3v) is 1.78. The average molecular weight is 230 g/mol. The monoisotopic (exact) mass is 230 g/mol. The van der Waals surface area contributed by atoms with Crippen molar-refractivity contribution in [2.75, 3.05) is 6.61 Å². The summed E-state index contributed by atoms with van der Waals surface area (Å²) >= 11 is 0. The van der Waals surface area contributed by atoms with Gasteiger partial charge in [0.1, 0.15) is 0 Å². The van der Waals surface area contributed by atoms with Crippen molar-refractivity contribution in [1.29, 1.82) is 0 Å². The van der Waals surface area contributed by atoms with Crippen LogP contribution in [0.25, 0.3) is 0 Å². The second-order valence-electron chi connectivity index (χ2n) is 3.09. The van der Waals surface area contributed by atoms with Gasteiger partial charge in [-0.05, 0) is 13.3 Å². The number of allylic oxidation sites excluding steroid dienone is 1. The first kappa shape index (κ1) is 14.2. The van der Waals surface area contributed by atoms with Gasteiger partial charge in [-0.2, -0.15) is 0 Å². The smallest absolute Gasteiger partial charge is 0.330 e. The summed E-state index contributed by atoms with van der Waals surface area (Å²) in [6, 6.07) is 0. The maximum Gasteiger partial charge on any atom is 0.330 e. The van der Waals surface area contributed by atoms with Gasteiger partial charge in [-0.3, -0.25) is 9.59 Å². The summed E-state index contributed by atoms with van der Waals surface area (Å²) in [4.78, 5) is 31.8. The maximum atomic E-state index is 10.8. The van der Waals surface area contributed by atoms with Crippen LogP contribution in [0.4, 0.5) is 0 Å². The molecule has 0 amide bonds. The Hall–Kier alpha value is -1.85. The number of esters is 1. The summed E-state index contributed by atoms with van der Waals surface area (Å²) in [5, 5.41) is 17.1. The van der Waals surface area contributed by atoms with Crippen LogP contribution in [0.1, 0.15) is 19.8 Å². The molecule has 16 heavy (non-hydrogen) atoms. The Balaban J connectivity index is 3.98. The molecule has 0 heterocycles. The van der Waals surface area contributed by atoms with E-state index in [-0.39, 0.29) is 13.0 Å². The van der Waals surface area contributed by atoms with E-state index in [1.165, 1.54) is 12.2 Å². The highest BCUT2D eigenvalue weighted by atomic mass is 16.5. The van der Waals surface area contributed by atoms with E-state index in [1.54, 1.807) is 6.92 Å². The SMILES string of the molecule is CC=CC(=O)OCCC(CC(=O)O)C(=O)O. The third kappa shape index (κ3) is 6.58. The fourth-order valence-electron chi connectivity index (χ4n) is 1.01. The van der Waals surface area contributed by atoms with Gasteiger partial charge in [0.25, 0.3) is 0 Å². The topological polar surface area (TPSA) is 101 Å². The molecule has 0 aliphatic heterocycles. The minimum Gasteiger partial charge on any atom is -0.481 e. The number of hydrogen-bond donors (Lipinski definition) is 2. The molecule has 1 atom stereocenters. The first-order chi connectivity index (χ1) is 7.47. The van der Waals surface area contributed by atoms with Gasteiger partial charge >= 0.3 is 17.9 Å². The Labute approximate surface area is 92.5 Å². The second-order valence-corrected chi connectivity index (χ2v) is 3.09. The van der Waals surface area contributed by atoms with Crippen molar-refractivity contribution < 1.29 is 29.3 Å². The Morgan fingerprint density at radius 1 is 1.31 bits per heavy atom. The molecule has 0 aromatic rings. The van der Waals surface area contributed by atoms with E-state index in [2.05, 4.69) is 4.74 Å². The van der Waals surface area contributed by atoms with E-state index in [0.29, 0.717) is 0 Å². The normalized spacial score (nSPS) is 12.3. The van der Waals surface area contributed by atoms with Crippen LogP contribution in [0.15, 0.2) is 12.2 Å². The minimum absolute atomic E-state index is 0.00900. The summed E-state index contributed by atoms with van der Waals surface area (Å²) in [6.07, 6.45) is 2.21. The molecule has 0 rings (SSSR count). The molecule has 0 saturated heterocycles. The largest absolute Gasteiger partial charge is 0.481 e. The second kappa shape index (κ2) is 7.44. The summed E-state index contributed by atoms with van der Waals surface area (Å²) in [5.74, 6) is -3.99. The van der Waals surface area contributed by atoms with Crippen molar-refractivity contribution in [2.45, 2.75) is 19.8 Å². The van der Waals surface area contributed by atoms with Crippen LogP contribution in [-0.4, -0.2) is 34.7 Å². The first-order valence-electron chi connectivity index (χ1n) is 4.71. The summed E-state index contributed by atoms with van der Waals surface area (Å²) in [7, 11) is 0. The molecule has 90 valence electrons. The molecule has 0 aromatic carbocycles. The highest BCUT2D eigenvalue weighted by Crippen LogP contribution is 2.09. The van der Waals surface area contributed by atoms with Crippen molar-refractivity contribution in [1.82, 2.24) is 0 Å². The highest BCUT2D eigenvalue weighted by molar-refractivity contribution is 5.81.